The Morgan fingerprint density at radius 3 is 2.68 bits per heavy atom. The van der Waals surface area contributed by atoms with Crippen LogP contribution < -0.4 is 15.0 Å². The number of benzene rings is 1. The van der Waals surface area contributed by atoms with E-state index in [-0.39, 0.29) is 18.1 Å². The van der Waals surface area contributed by atoms with Crippen LogP contribution in [0.5, 0.6) is 5.75 Å². The van der Waals surface area contributed by atoms with E-state index in [4.69, 9.17) is 9.84 Å². The van der Waals surface area contributed by atoms with Crippen LogP contribution in [0.1, 0.15) is 13.3 Å². The lowest BCUT2D eigenvalue weighted by Crippen LogP contribution is -2.42. The number of carboxylic acids is 1. The highest BCUT2D eigenvalue weighted by atomic mass is 32.2. The summed E-state index contributed by atoms with van der Waals surface area (Å²) >= 11 is 1.04. The third kappa shape index (κ3) is 4.30. The van der Waals surface area contributed by atoms with Crippen LogP contribution in [0.25, 0.3) is 0 Å². The lowest BCUT2D eigenvalue weighted by molar-refractivity contribution is -0.140. The average Bonchev–Trinajstić information content (AvgIpc) is 2.84. The Hall–Kier alpha value is -2.55. The minimum Gasteiger partial charge on any atom is -0.495 e. The topological polar surface area (TPSA) is 113 Å². The zero-order valence-electron chi connectivity index (χ0n) is 13.7. The van der Waals surface area contributed by atoms with Gasteiger partial charge in [-0.2, -0.15) is 0 Å². The van der Waals surface area contributed by atoms with E-state index >= 15 is 0 Å². The van der Waals surface area contributed by atoms with Gasteiger partial charge in [0.15, 0.2) is 0 Å². The predicted octanol–water partition coefficient (Wildman–Crippen LogP) is 0.650. The first-order valence-electron chi connectivity index (χ1n) is 7.46. The largest absolute Gasteiger partial charge is 0.495 e. The summed E-state index contributed by atoms with van der Waals surface area (Å²) in [5.74, 6) is -2.09. The fraction of sp³-hybridized carbons (Fsp3) is 0.375. The van der Waals surface area contributed by atoms with Crippen LogP contribution >= 0.6 is 11.8 Å². The maximum Gasteiger partial charge on any atom is 0.327 e. The van der Waals surface area contributed by atoms with Crippen molar-refractivity contribution in [3.8, 4) is 5.75 Å². The molecule has 1 saturated heterocycles. The Balaban J connectivity index is 2.10. The van der Waals surface area contributed by atoms with Crippen LogP contribution in [0.4, 0.5) is 5.69 Å². The van der Waals surface area contributed by atoms with Gasteiger partial charge in [-0.3, -0.25) is 14.4 Å². The monoisotopic (exact) mass is 366 g/mol. The number of amides is 3. The van der Waals surface area contributed by atoms with Crippen molar-refractivity contribution in [2.45, 2.75) is 24.6 Å². The van der Waals surface area contributed by atoms with Crippen molar-refractivity contribution in [1.82, 2.24) is 5.32 Å². The molecule has 1 aromatic rings. The minimum atomic E-state index is -1.19. The Bertz CT molecular complexity index is 708. The van der Waals surface area contributed by atoms with Crippen molar-refractivity contribution in [2.75, 3.05) is 17.8 Å². The summed E-state index contributed by atoms with van der Waals surface area (Å²) in [6.07, 6.45) is -0.0338. The van der Waals surface area contributed by atoms with E-state index in [2.05, 4.69) is 5.32 Å². The zero-order chi connectivity index (χ0) is 18.6. The Morgan fingerprint density at radius 1 is 1.40 bits per heavy atom. The number of carboxylic acid groups (broad SMARTS) is 1. The first-order chi connectivity index (χ1) is 11.8. The van der Waals surface area contributed by atoms with Crippen molar-refractivity contribution in [1.29, 1.82) is 0 Å². The summed E-state index contributed by atoms with van der Waals surface area (Å²) in [6.45, 7) is 1.22. The van der Waals surface area contributed by atoms with Crippen molar-refractivity contribution in [3.05, 3.63) is 24.3 Å². The lowest BCUT2D eigenvalue weighted by Gasteiger charge is -2.18. The summed E-state index contributed by atoms with van der Waals surface area (Å²) in [4.78, 5) is 48.1. The lowest BCUT2D eigenvalue weighted by atomic mass is 10.2. The number of carbonyl (C=O) groups is 4. The first kappa shape index (κ1) is 18.8. The second-order valence-electron chi connectivity index (χ2n) is 5.36. The highest BCUT2D eigenvalue weighted by Crippen LogP contribution is 2.35. The molecule has 0 spiro atoms. The number of nitrogens with one attached hydrogen (secondary N) is 1. The number of anilines is 1. The van der Waals surface area contributed by atoms with Gasteiger partial charge in [-0.15, -0.1) is 11.8 Å². The van der Waals surface area contributed by atoms with Gasteiger partial charge >= 0.3 is 5.97 Å². The summed E-state index contributed by atoms with van der Waals surface area (Å²) in [7, 11) is 1.45. The van der Waals surface area contributed by atoms with Crippen LogP contribution in [0, 0.1) is 0 Å². The fourth-order valence-electron chi connectivity index (χ4n) is 2.43. The SMILES string of the molecule is COc1ccccc1N1C(=O)C[C@H](SC[C@H](NC(C)=O)C(=O)O)C1=O. The normalized spacial score (nSPS) is 18.2. The fourth-order valence-corrected chi connectivity index (χ4v) is 3.59. The number of aliphatic carboxylic acids is 1. The highest BCUT2D eigenvalue weighted by molar-refractivity contribution is 8.00. The molecule has 0 saturated carbocycles. The number of ether oxygens (including phenoxy) is 1. The summed E-state index contributed by atoms with van der Waals surface area (Å²) in [5, 5.41) is 10.7. The second-order valence-corrected chi connectivity index (χ2v) is 6.59. The number of para-hydroxylation sites is 2. The van der Waals surface area contributed by atoms with Gasteiger partial charge < -0.3 is 15.2 Å². The number of hydrogen-bond donors (Lipinski definition) is 2. The summed E-state index contributed by atoms with van der Waals surface area (Å²) in [5.41, 5.74) is 0.361. The number of hydrogen-bond acceptors (Lipinski definition) is 6. The molecule has 1 aliphatic heterocycles. The Morgan fingerprint density at radius 2 is 2.08 bits per heavy atom. The molecule has 1 aromatic carbocycles. The van der Waals surface area contributed by atoms with Crippen LogP contribution in [0.3, 0.4) is 0 Å². The van der Waals surface area contributed by atoms with Crippen molar-refractivity contribution < 1.29 is 29.0 Å². The van der Waals surface area contributed by atoms with Gasteiger partial charge in [0, 0.05) is 19.1 Å². The average molecular weight is 366 g/mol. The Labute approximate surface area is 148 Å². The molecule has 25 heavy (non-hydrogen) atoms. The zero-order valence-corrected chi connectivity index (χ0v) is 14.5. The van der Waals surface area contributed by atoms with E-state index in [0.29, 0.717) is 11.4 Å². The van der Waals surface area contributed by atoms with E-state index in [1.165, 1.54) is 14.0 Å². The number of methoxy groups -OCH3 is 1. The number of imide groups is 1. The molecule has 1 fully saturated rings. The third-order valence-electron chi connectivity index (χ3n) is 3.57. The van der Waals surface area contributed by atoms with Crippen molar-refractivity contribution in [3.63, 3.8) is 0 Å². The minimum absolute atomic E-state index is 0.0155. The molecule has 2 N–H and O–H groups in total. The molecule has 0 aromatic heterocycles. The predicted molar refractivity (Wildman–Crippen MR) is 91.6 cm³/mol. The van der Waals surface area contributed by atoms with E-state index in [9.17, 15) is 19.2 Å². The number of nitrogens with zero attached hydrogens (tertiary/aromatic N) is 1. The molecule has 2 rings (SSSR count). The number of thioether (sulfide) groups is 1. The van der Waals surface area contributed by atoms with Crippen LogP contribution in [0.2, 0.25) is 0 Å². The Kier molecular flexibility index (Phi) is 6.02. The van der Waals surface area contributed by atoms with Gasteiger partial charge in [0.25, 0.3) is 0 Å². The molecule has 2 atom stereocenters. The molecule has 0 unspecified atom stereocenters. The molecular weight excluding hydrogens is 348 g/mol. The number of carbonyl (C=O) groups excluding carboxylic acids is 3. The smallest absolute Gasteiger partial charge is 0.327 e. The molecule has 1 aliphatic rings. The molecule has 0 bridgehead atoms. The van der Waals surface area contributed by atoms with Crippen molar-refractivity contribution in [2.24, 2.45) is 0 Å². The van der Waals surface area contributed by atoms with E-state index in [1.807, 2.05) is 0 Å². The molecule has 8 nitrogen and oxygen atoms in total. The maximum absolute atomic E-state index is 12.6. The van der Waals surface area contributed by atoms with Crippen LogP contribution in [-0.2, 0) is 19.2 Å². The molecule has 9 heteroatoms. The summed E-state index contributed by atoms with van der Waals surface area (Å²) < 4.78 is 5.18. The second kappa shape index (κ2) is 8.02. The third-order valence-corrected chi connectivity index (χ3v) is 4.87. The standard InChI is InChI=1S/C16H18N2O6S/c1-9(19)17-10(16(22)23)8-25-13-7-14(20)18(15(13)21)11-5-3-4-6-12(11)24-2/h3-6,10,13H,7-8H2,1-2H3,(H,17,19)(H,22,23)/t10-,13-/m0/s1. The van der Waals surface area contributed by atoms with Crippen LogP contribution in [0.15, 0.2) is 24.3 Å². The van der Waals surface area contributed by atoms with E-state index < -0.39 is 29.1 Å². The van der Waals surface area contributed by atoms with Gasteiger partial charge in [0.1, 0.15) is 11.8 Å². The van der Waals surface area contributed by atoms with E-state index in [0.717, 1.165) is 16.7 Å². The molecule has 134 valence electrons. The van der Waals surface area contributed by atoms with Crippen molar-refractivity contribution >= 4 is 41.1 Å². The molecular formula is C16H18N2O6S. The highest BCUT2D eigenvalue weighted by Gasteiger charge is 2.41. The summed E-state index contributed by atoms with van der Waals surface area (Å²) in [6, 6.07) is 5.55. The van der Waals surface area contributed by atoms with Gasteiger partial charge in [0.05, 0.1) is 18.0 Å². The molecule has 0 radical (unpaired) electrons. The maximum atomic E-state index is 12.6. The quantitative estimate of drug-likeness (QED) is 0.681. The van der Waals surface area contributed by atoms with Gasteiger partial charge in [-0.1, -0.05) is 12.1 Å². The molecule has 1 heterocycles. The van der Waals surface area contributed by atoms with Gasteiger partial charge in [-0.25, -0.2) is 9.69 Å². The van der Waals surface area contributed by atoms with E-state index in [1.54, 1.807) is 24.3 Å². The molecule has 0 aliphatic carbocycles. The molecule has 3 amide bonds. The number of rotatable bonds is 7. The van der Waals surface area contributed by atoms with Gasteiger partial charge in [-0.05, 0) is 12.1 Å². The van der Waals surface area contributed by atoms with Gasteiger partial charge in [0.2, 0.25) is 17.7 Å². The van der Waals surface area contributed by atoms with Crippen LogP contribution in [-0.4, -0.2) is 53.0 Å². The first-order valence-corrected chi connectivity index (χ1v) is 8.51.